The summed E-state index contributed by atoms with van der Waals surface area (Å²) < 4.78 is 37.0. The van der Waals surface area contributed by atoms with Crippen LogP contribution in [0.4, 0.5) is 0 Å². The number of hydrogen-bond donors (Lipinski definition) is 0. The van der Waals surface area contributed by atoms with E-state index in [1.165, 1.54) is 103 Å². The minimum Gasteiger partial charge on any atom is -0.494 e. The first-order valence-electron chi connectivity index (χ1n) is 17.4. The number of benzene rings is 2. The third-order valence-corrected chi connectivity index (χ3v) is 10.1. The smallest absolute Gasteiger partial charge is 0.334 e. The van der Waals surface area contributed by atoms with Gasteiger partial charge in [0.15, 0.2) is 0 Å². The summed E-state index contributed by atoms with van der Waals surface area (Å²) in [5.74, 6) is 0.169. The van der Waals surface area contributed by atoms with E-state index in [0.29, 0.717) is 0 Å². The van der Waals surface area contributed by atoms with Gasteiger partial charge in [-0.25, -0.2) is 13.2 Å². The van der Waals surface area contributed by atoms with Crippen LogP contribution in [0.25, 0.3) is 12.2 Å². The van der Waals surface area contributed by atoms with Gasteiger partial charge in [0.2, 0.25) is 15.3 Å². The van der Waals surface area contributed by atoms with E-state index in [9.17, 15) is 13.2 Å². The van der Waals surface area contributed by atoms with Crippen molar-refractivity contribution in [3.63, 3.8) is 0 Å². The average molecular weight is 639 g/mol. The molecule has 1 unspecified atom stereocenters. The summed E-state index contributed by atoms with van der Waals surface area (Å²) in [6.45, 7) is 9.71. The van der Waals surface area contributed by atoms with E-state index in [1.807, 2.05) is 36.4 Å². The van der Waals surface area contributed by atoms with Crippen molar-refractivity contribution in [2.75, 3.05) is 6.61 Å². The van der Waals surface area contributed by atoms with Gasteiger partial charge in [-0.1, -0.05) is 153 Å². The maximum absolute atomic E-state index is 12.9. The SMILES string of the molecule is C=C(C)C(=O)OC(CC)S(=O)(=O)c1ccc(C=Cc2ccc(OCCCCCCCCCCCCCCCCCC)cc2)cc1. The van der Waals surface area contributed by atoms with E-state index in [1.54, 1.807) is 31.2 Å². The number of carbonyl (C=O) groups excluding carboxylic acids is 1. The van der Waals surface area contributed by atoms with Gasteiger partial charge in [0.1, 0.15) is 5.75 Å². The summed E-state index contributed by atoms with van der Waals surface area (Å²) in [6.07, 6.45) is 25.9. The number of carbonyl (C=O) groups is 1. The Bertz CT molecular complexity index is 1230. The van der Waals surface area contributed by atoms with Crippen LogP contribution in [-0.4, -0.2) is 26.4 Å². The Balaban J connectivity index is 1.59. The Morgan fingerprint density at radius 2 is 1.11 bits per heavy atom. The second-order valence-electron chi connectivity index (χ2n) is 12.2. The Kier molecular flexibility index (Phi) is 19.3. The van der Waals surface area contributed by atoms with Gasteiger partial charge in [-0.05, 0) is 55.2 Å². The Labute approximate surface area is 274 Å². The van der Waals surface area contributed by atoms with Gasteiger partial charge in [-0.15, -0.1) is 0 Å². The summed E-state index contributed by atoms with van der Waals surface area (Å²) in [4.78, 5) is 12.0. The maximum Gasteiger partial charge on any atom is 0.334 e. The lowest BCUT2D eigenvalue weighted by Gasteiger charge is -2.17. The van der Waals surface area contributed by atoms with Crippen molar-refractivity contribution in [3.05, 3.63) is 71.8 Å². The van der Waals surface area contributed by atoms with Crippen molar-refractivity contribution in [3.8, 4) is 5.75 Å². The van der Waals surface area contributed by atoms with Crippen LogP contribution in [0.2, 0.25) is 0 Å². The largest absolute Gasteiger partial charge is 0.494 e. The van der Waals surface area contributed by atoms with Crippen LogP contribution < -0.4 is 4.74 Å². The van der Waals surface area contributed by atoms with Crippen LogP contribution in [0.1, 0.15) is 141 Å². The third kappa shape index (κ3) is 15.8. The van der Waals surface area contributed by atoms with Gasteiger partial charge in [-0.2, -0.15) is 0 Å². The van der Waals surface area contributed by atoms with Gasteiger partial charge in [-0.3, -0.25) is 0 Å². The molecule has 6 heteroatoms. The first-order valence-corrected chi connectivity index (χ1v) is 18.9. The predicted molar refractivity (Wildman–Crippen MR) is 189 cm³/mol. The molecule has 2 aromatic carbocycles. The number of ether oxygens (including phenoxy) is 2. The van der Waals surface area contributed by atoms with E-state index >= 15 is 0 Å². The second kappa shape index (κ2) is 22.6. The summed E-state index contributed by atoms with van der Waals surface area (Å²) in [5, 5.41) is 0. The molecule has 0 spiro atoms. The van der Waals surface area contributed by atoms with Crippen molar-refractivity contribution in [2.24, 2.45) is 0 Å². The van der Waals surface area contributed by atoms with Crippen LogP contribution in [0.3, 0.4) is 0 Å². The molecule has 0 aliphatic carbocycles. The van der Waals surface area contributed by atoms with Gasteiger partial charge in [0.25, 0.3) is 0 Å². The Morgan fingerprint density at radius 1 is 0.689 bits per heavy atom. The molecule has 0 aromatic heterocycles. The molecule has 0 N–H and O–H groups in total. The van der Waals surface area contributed by atoms with Crippen molar-refractivity contribution in [2.45, 2.75) is 140 Å². The highest BCUT2D eigenvalue weighted by atomic mass is 32.2. The number of unbranched alkanes of at least 4 members (excludes halogenated alkanes) is 15. The molecule has 0 saturated heterocycles. The molecular weight excluding hydrogens is 580 g/mol. The highest BCUT2D eigenvalue weighted by molar-refractivity contribution is 7.92. The van der Waals surface area contributed by atoms with Crippen LogP contribution in [0.15, 0.2) is 65.6 Å². The molecule has 0 aliphatic rings. The highest BCUT2D eigenvalue weighted by Gasteiger charge is 2.29. The molecule has 0 radical (unpaired) electrons. The zero-order valence-corrected chi connectivity index (χ0v) is 29.1. The topological polar surface area (TPSA) is 69.7 Å². The maximum atomic E-state index is 12.9. The van der Waals surface area contributed by atoms with Crippen LogP contribution in [0.5, 0.6) is 5.75 Å². The Hall–Kier alpha value is -2.86. The molecule has 0 bridgehead atoms. The Morgan fingerprint density at radius 3 is 1.53 bits per heavy atom. The van der Waals surface area contributed by atoms with Gasteiger partial charge in [0.05, 0.1) is 11.5 Å². The predicted octanol–water partition coefficient (Wildman–Crippen LogP) is 11.1. The van der Waals surface area contributed by atoms with Crippen LogP contribution in [0, 0.1) is 0 Å². The first kappa shape index (κ1) is 38.3. The van der Waals surface area contributed by atoms with Crippen molar-refractivity contribution in [1.82, 2.24) is 0 Å². The molecule has 0 saturated carbocycles. The molecule has 0 amide bonds. The van der Waals surface area contributed by atoms with Crippen molar-refractivity contribution in [1.29, 1.82) is 0 Å². The number of rotatable bonds is 25. The van der Waals surface area contributed by atoms with Gasteiger partial charge >= 0.3 is 5.97 Å². The number of sulfone groups is 1. The molecule has 5 nitrogen and oxygen atoms in total. The zero-order valence-electron chi connectivity index (χ0n) is 28.2. The fourth-order valence-electron chi connectivity index (χ4n) is 5.21. The first-order chi connectivity index (χ1) is 21.8. The van der Waals surface area contributed by atoms with E-state index in [2.05, 4.69) is 13.5 Å². The van der Waals surface area contributed by atoms with E-state index in [0.717, 1.165) is 29.9 Å². The molecule has 250 valence electrons. The minimum atomic E-state index is -3.82. The molecule has 1 atom stereocenters. The fraction of sp³-hybridized carbons (Fsp3) is 0.564. The third-order valence-electron chi connectivity index (χ3n) is 8.09. The lowest BCUT2D eigenvalue weighted by molar-refractivity contribution is -0.140. The monoisotopic (exact) mass is 638 g/mol. The van der Waals surface area contributed by atoms with Crippen LogP contribution in [-0.2, 0) is 19.4 Å². The summed E-state index contributed by atoms with van der Waals surface area (Å²) in [6, 6.07) is 14.6. The molecule has 0 heterocycles. The van der Waals surface area contributed by atoms with E-state index in [-0.39, 0.29) is 16.9 Å². The molecule has 2 aromatic rings. The highest BCUT2D eigenvalue weighted by Crippen LogP contribution is 2.22. The van der Waals surface area contributed by atoms with Gasteiger partial charge in [0, 0.05) is 5.57 Å². The molecule has 0 fully saturated rings. The lowest BCUT2D eigenvalue weighted by atomic mass is 10.0. The van der Waals surface area contributed by atoms with E-state index < -0.39 is 21.2 Å². The minimum absolute atomic E-state index is 0.117. The average Bonchev–Trinajstić information content (AvgIpc) is 3.04. The van der Waals surface area contributed by atoms with Crippen LogP contribution >= 0.6 is 0 Å². The van der Waals surface area contributed by atoms with E-state index in [4.69, 9.17) is 9.47 Å². The standard InChI is InChI=1S/C39H58O5S/c1-5-7-8-9-10-11-12-13-14-15-16-17-18-19-20-21-32-43-36-28-24-34(25-29-36)22-23-35-26-30-37(31-27-35)45(41,42)38(6-2)44-39(40)33(3)4/h22-31,38H,3,5-21,32H2,1-2,4H3. The molecular formula is C39H58O5S. The zero-order chi connectivity index (χ0) is 32.8. The lowest BCUT2D eigenvalue weighted by Crippen LogP contribution is -2.27. The summed E-state index contributed by atoms with van der Waals surface area (Å²) in [5.41, 5.74) is 0.816. The fourth-order valence-corrected chi connectivity index (χ4v) is 6.69. The normalized spacial score (nSPS) is 12.3. The second-order valence-corrected chi connectivity index (χ2v) is 14.3. The summed E-state index contributed by atoms with van der Waals surface area (Å²) >= 11 is 0. The summed E-state index contributed by atoms with van der Waals surface area (Å²) in [7, 11) is -3.82. The number of esters is 1. The van der Waals surface area contributed by atoms with Crippen molar-refractivity contribution >= 4 is 28.0 Å². The number of hydrogen-bond acceptors (Lipinski definition) is 5. The molecule has 45 heavy (non-hydrogen) atoms. The molecule has 0 aliphatic heterocycles. The van der Waals surface area contributed by atoms with Crippen molar-refractivity contribution < 1.29 is 22.7 Å². The van der Waals surface area contributed by atoms with Gasteiger partial charge < -0.3 is 9.47 Å². The quantitative estimate of drug-likeness (QED) is 0.0468. The molecule has 2 rings (SSSR count).